The van der Waals surface area contributed by atoms with Crippen molar-refractivity contribution >= 4 is 0 Å². The number of benzene rings is 1. The molecule has 96 valence electrons. The van der Waals surface area contributed by atoms with Gasteiger partial charge < -0.3 is 15.2 Å². The summed E-state index contributed by atoms with van der Waals surface area (Å²) < 4.78 is 12.3. The van der Waals surface area contributed by atoms with Gasteiger partial charge >= 0.3 is 0 Å². The van der Waals surface area contributed by atoms with Crippen molar-refractivity contribution in [1.82, 2.24) is 9.78 Å². The summed E-state index contributed by atoms with van der Waals surface area (Å²) in [5, 5.41) is 4.33. The first-order valence-electron chi connectivity index (χ1n) is 5.75. The van der Waals surface area contributed by atoms with Crippen molar-refractivity contribution in [2.24, 2.45) is 5.73 Å². The molecule has 0 radical (unpaired) electrons. The molecule has 0 bridgehead atoms. The van der Waals surface area contributed by atoms with Crippen molar-refractivity contribution in [1.29, 1.82) is 0 Å². The average molecular weight is 247 g/mol. The monoisotopic (exact) mass is 247 g/mol. The Balaban J connectivity index is 2.36. The molecular formula is C13H17N3O2. The summed E-state index contributed by atoms with van der Waals surface area (Å²) >= 11 is 0. The minimum atomic E-state index is 0.574. The smallest absolute Gasteiger partial charge is 0.219 e. The van der Waals surface area contributed by atoms with E-state index >= 15 is 0 Å². The molecule has 0 aliphatic carbocycles. The molecule has 5 nitrogen and oxygen atoms in total. The maximum Gasteiger partial charge on any atom is 0.219 e. The van der Waals surface area contributed by atoms with Crippen LogP contribution in [-0.4, -0.2) is 30.5 Å². The lowest BCUT2D eigenvalue weighted by Crippen LogP contribution is -2.05. The molecule has 0 saturated heterocycles. The lowest BCUT2D eigenvalue weighted by Gasteiger charge is -2.08. The van der Waals surface area contributed by atoms with Crippen molar-refractivity contribution in [3.63, 3.8) is 0 Å². The van der Waals surface area contributed by atoms with Gasteiger partial charge in [0.05, 0.1) is 26.1 Å². The number of methoxy groups -OCH3 is 2. The fraction of sp³-hybridized carbons (Fsp3) is 0.308. The van der Waals surface area contributed by atoms with E-state index in [0.29, 0.717) is 6.54 Å². The Hall–Kier alpha value is -2.01. The number of rotatable bonds is 5. The molecule has 5 heteroatoms. The van der Waals surface area contributed by atoms with Crippen molar-refractivity contribution in [2.75, 3.05) is 20.8 Å². The summed E-state index contributed by atoms with van der Waals surface area (Å²) in [5.41, 5.74) is 7.50. The molecule has 2 aromatic rings. The highest BCUT2D eigenvalue weighted by atomic mass is 16.5. The van der Waals surface area contributed by atoms with Gasteiger partial charge in [-0.3, -0.25) is 0 Å². The van der Waals surface area contributed by atoms with E-state index in [4.69, 9.17) is 15.2 Å². The number of nitrogens with zero attached hydrogens (tertiary/aromatic N) is 2. The number of hydrogen-bond donors (Lipinski definition) is 1. The van der Waals surface area contributed by atoms with Gasteiger partial charge in [-0.2, -0.15) is 5.10 Å². The fourth-order valence-corrected chi connectivity index (χ4v) is 1.82. The lowest BCUT2D eigenvalue weighted by atomic mass is 10.2. The third-order valence-corrected chi connectivity index (χ3v) is 2.72. The predicted octanol–water partition coefficient (Wildman–Crippen LogP) is 1.39. The standard InChI is InChI=1S/C13H17N3O2/c1-17-12-5-3-11(4-6-12)16-13(18-2)10(7-8-14)9-15-16/h3-6,9H,7-8,14H2,1-2H3. The van der Waals surface area contributed by atoms with Gasteiger partial charge in [0.2, 0.25) is 5.88 Å². The summed E-state index contributed by atoms with van der Waals surface area (Å²) in [5.74, 6) is 1.54. The molecular weight excluding hydrogens is 230 g/mol. The van der Waals surface area contributed by atoms with E-state index < -0.39 is 0 Å². The van der Waals surface area contributed by atoms with Crippen LogP contribution in [0.1, 0.15) is 5.56 Å². The molecule has 0 aliphatic heterocycles. The minimum absolute atomic E-state index is 0.574. The quantitative estimate of drug-likeness (QED) is 0.867. The second-order valence-corrected chi connectivity index (χ2v) is 3.83. The second-order valence-electron chi connectivity index (χ2n) is 3.83. The van der Waals surface area contributed by atoms with E-state index in [-0.39, 0.29) is 0 Å². The predicted molar refractivity (Wildman–Crippen MR) is 69.4 cm³/mol. The normalized spacial score (nSPS) is 10.4. The Morgan fingerprint density at radius 3 is 2.44 bits per heavy atom. The highest BCUT2D eigenvalue weighted by Gasteiger charge is 2.12. The van der Waals surface area contributed by atoms with Crippen molar-refractivity contribution in [2.45, 2.75) is 6.42 Å². The Morgan fingerprint density at radius 1 is 1.17 bits per heavy atom. The van der Waals surface area contributed by atoms with Crippen molar-refractivity contribution in [3.8, 4) is 17.3 Å². The maximum atomic E-state index is 5.56. The summed E-state index contributed by atoms with van der Waals surface area (Å²) in [4.78, 5) is 0. The number of nitrogens with two attached hydrogens (primary N) is 1. The van der Waals surface area contributed by atoms with E-state index in [2.05, 4.69) is 5.10 Å². The van der Waals surface area contributed by atoms with Crippen LogP contribution in [0.4, 0.5) is 0 Å². The van der Waals surface area contributed by atoms with E-state index in [1.54, 1.807) is 25.1 Å². The lowest BCUT2D eigenvalue weighted by molar-refractivity contribution is 0.379. The van der Waals surface area contributed by atoms with E-state index in [0.717, 1.165) is 29.3 Å². The first-order chi connectivity index (χ1) is 8.80. The van der Waals surface area contributed by atoms with Crippen LogP contribution in [0.5, 0.6) is 11.6 Å². The van der Waals surface area contributed by atoms with E-state index in [1.165, 1.54) is 0 Å². The average Bonchev–Trinajstić information content (AvgIpc) is 2.82. The molecule has 0 fully saturated rings. The Morgan fingerprint density at radius 2 is 1.89 bits per heavy atom. The van der Waals surface area contributed by atoms with Crippen molar-refractivity contribution < 1.29 is 9.47 Å². The van der Waals surface area contributed by atoms with Crippen LogP contribution in [0, 0.1) is 0 Å². The Labute approximate surface area is 106 Å². The zero-order valence-electron chi connectivity index (χ0n) is 10.6. The zero-order chi connectivity index (χ0) is 13.0. The van der Waals surface area contributed by atoms with Crippen LogP contribution in [0.25, 0.3) is 5.69 Å². The zero-order valence-corrected chi connectivity index (χ0v) is 10.6. The van der Waals surface area contributed by atoms with Gasteiger partial charge in [-0.05, 0) is 37.2 Å². The molecule has 0 aliphatic rings. The maximum absolute atomic E-state index is 5.56. The summed E-state index contributed by atoms with van der Waals surface area (Å²) in [6.45, 7) is 0.574. The SMILES string of the molecule is COc1ccc(-n2ncc(CCN)c2OC)cc1. The molecule has 0 saturated carbocycles. The van der Waals surface area contributed by atoms with E-state index in [1.807, 2.05) is 24.3 Å². The van der Waals surface area contributed by atoms with Gasteiger partial charge in [0.25, 0.3) is 0 Å². The Bertz CT molecular complexity index is 505. The third-order valence-electron chi connectivity index (χ3n) is 2.72. The van der Waals surface area contributed by atoms with Crippen LogP contribution in [0.3, 0.4) is 0 Å². The molecule has 0 atom stereocenters. The third kappa shape index (κ3) is 2.31. The Kier molecular flexibility index (Phi) is 3.84. The van der Waals surface area contributed by atoms with Gasteiger partial charge in [-0.15, -0.1) is 0 Å². The van der Waals surface area contributed by atoms with Gasteiger partial charge in [-0.25, -0.2) is 4.68 Å². The van der Waals surface area contributed by atoms with Crippen LogP contribution in [-0.2, 0) is 6.42 Å². The topological polar surface area (TPSA) is 62.3 Å². The van der Waals surface area contributed by atoms with Crippen LogP contribution in [0.15, 0.2) is 30.5 Å². The number of aromatic nitrogens is 2. The van der Waals surface area contributed by atoms with Gasteiger partial charge in [0.15, 0.2) is 0 Å². The van der Waals surface area contributed by atoms with E-state index in [9.17, 15) is 0 Å². The molecule has 0 unspecified atom stereocenters. The van der Waals surface area contributed by atoms with Gasteiger partial charge in [0, 0.05) is 5.56 Å². The molecule has 1 heterocycles. The first-order valence-corrected chi connectivity index (χ1v) is 5.75. The largest absolute Gasteiger partial charge is 0.497 e. The second kappa shape index (κ2) is 5.55. The minimum Gasteiger partial charge on any atom is -0.497 e. The molecule has 18 heavy (non-hydrogen) atoms. The molecule has 2 N–H and O–H groups in total. The summed E-state index contributed by atoms with van der Waals surface area (Å²) in [6.07, 6.45) is 2.54. The van der Waals surface area contributed by atoms with Gasteiger partial charge in [-0.1, -0.05) is 0 Å². The van der Waals surface area contributed by atoms with Crippen molar-refractivity contribution in [3.05, 3.63) is 36.0 Å². The summed E-state index contributed by atoms with van der Waals surface area (Å²) in [6, 6.07) is 7.64. The molecule has 0 spiro atoms. The van der Waals surface area contributed by atoms with Crippen LogP contribution < -0.4 is 15.2 Å². The molecule has 1 aromatic heterocycles. The highest BCUT2D eigenvalue weighted by molar-refractivity contribution is 5.41. The van der Waals surface area contributed by atoms with Crippen LogP contribution in [0.2, 0.25) is 0 Å². The first kappa shape index (κ1) is 12.4. The number of ether oxygens (including phenoxy) is 2. The molecule has 0 amide bonds. The van der Waals surface area contributed by atoms with Crippen LogP contribution >= 0.6 is 0 Å². The summed E-state index contributed by atoms with van der Waals surface area (Å²) in [7, 11) is 3.28. The molecule has 1 aromatic carbocycles. The van der Waals surface area contributed by atoms with Gasteiger partial charge in [0.1, 0.15) is 5.75 Å². The molecule has 2 rings (SSSR count). The fourth-order valence-electron chi connectivity index (χ4n) is 1.82. The highest BCUT2D eigenvalue weighted by Crippen LogP contribution is 2.23. The number of hydrogen-bond acceptors (Lipinski definition) is 4.